The summed E-state index contributed by atoms with van der Waals surface area (Å²) in [5.74, 6) is 1.91. The Balaban J connectivity index is 0.00000338. The van der Waals surface area contributed by atoms with Gasteiger partial charge in [-0.2, -0.15) is 11.8 Å². The molecule has 2 N–H and O–H groups in total. The first-order valence-electron chi connectivity index (χ1n) is 8.47. The van der Waals surface area contributed by atoms with Gasteiger partial charge in [0.05, 0.1) is 0 Å². The number of halogens is 2. The lowest BCUT2D eigenvalue weighted by molar-refractivity contribution is -0.116. The summed E-state index contributed by atoms with van der Waals surface area (Å²) in [7, 11) is 1.78. The van der Waals surface area contributed by atoms with Crippen molar-refractivity contribution in [2.24, 2.45) is 4.99 Å². The van der Waals surface area contributed by atoms with Crippen LogP contribution in [0, 0.1) is 6.92 Å². The van der Waals surface area contributed by atoms with Crippen LogP contribution in [0.5, 0.6) is 0 Å². The van der Waals surface area contributed by atoms with Crippen LogP contribution in [-0.4, -0.2) is 53.9 Å². The van der Waals surface area contributed by atoms with Crippen molar-refractivity contribution in [3.05, 3.63) is 28.8 Å². The highest BCUT2D eigenvalue weighted by atomic mass is 127. The molecule has 1 aliphatic rings. The third-order valence-corrected chi connectivity index (χ3v) is 5.82. The number of amides is 1. The number of anilines is 1. The van der Waals surface area contributed by atoms with Gasteiger partial charge >= 0.3 is 0 Å². The van der Waals surface area contributed by atoms with Crippen LogP contribution in [0.4, 0.5) is 5.69 Å². The van der Waals surface area contributed by atoms with E-state index >= 15 is 0 Å². The van der Waals surface area contributed by atoms with E-state index in [0.29, 0.717) is 18.0 Å². The Morgan fingerprint density at radius 1 is 1.42 bits per heavy atom. The summed E-state index contributed by atoms with van der Waals surface area (Å²) in [6.07, 6.45) is 0.372. The van der Waals surface area contributed by atoms with E-state index in [2.05, 4.69) is 34.4 Å². The van der Waals surface area contributed by atoms with Gasteiger partial charge in [-0.25, -0.2) is 0 Å². The number of hydrogen-bond acceptors (Lipinski definition) is 3. The van der Waals surface area contributed by atoms with E-state index in [1.807, 2.05) is 36.9 Å². The summed E-state index contributed by atoms with van der Waals surface area (Å²) < 4.78 is 0.220. The molecule has 0 radical (unpaired) electrons. The van der Waals surface area contributed by atoms with Crippen molar-refractivity contribution < 1.29 is 4.79 Å². The molecule has 2 rings (SSSR count). The van der Waals surface area contributed by atoms with Gasteiger partial charge in [-0.05, 0) is 38.5 Å². The van der Waals surface area contributed by atoms with Gasteiger partial charge in [0.2, 0.25) is 5.91 Å². The van der Waals surface area contributed by atoms with Gasteiger partial charge < -0.3 is 15.5 Å². The number of nitrogens with one attached hydrogen (secondary N) is 2. The van der Waals surface area contributed by atoms with Gasteiger partial charge in [-0.3, -0.25) is 9.79 Å². The zero-order valence-corrected chi connectivity index (χ0v) is 19.7. The maximum atomic E-state index is 12.2. The number of guanidine groups is 1. The number of thioether (sulfide) groups is 1. The van der Waals surface area contributed by atoms with E-state index in [9.17, 15) is 4.79 Å². The highest BCUT2D eigenvalue weighted by Gasteiger charge is 2.28. The lowest BCUT2D eigenvalue weighted by Crippen LogP contribution is -2.51. The normalized spacial score (nSPS) is 16.7. The van der Waals surface area contributed by atoms with Crippen LogP contribution in [0.1, 0.15) is 25.8 Å². The zero-order valence-electron chi connectivity index (χ0n) is 15.8. The molecule has 26 heavy (non-hydrogen) atoms. The second kappa shape index (κ2) is 10.6. The Hall–Kier alpha value is -0.670. The van der Waals surface area contributed by atoms with Gasteiger partial charge in [0, 0.05) is 54.3 Å². The number of carbonyl (C=O) groups is 1. The molecular weight excluding hydrogens is 483 g/mol. The highest BCUT2D eigenvalue weighted by Crippen LogP contribution is 2.29. The van der Waals surface area contributed by atoms with E-state index in [4.69, 9.17) is 11.6 Å². The topological polar surface area (TPSA) is 56.7 Å². The average Bonchev–Trinajstić information content (AvgIpc) is 2.55. The molecule has 0 unspecified atom stereocenters. The summed E-state index contributed by atoms with van der Waals surface area (Å²) in [6, 6.07) is 5.51. The molecule has 0 spiro atoms. The molecule has 1 aromatic carbocycles. The monoisotopic (exact) mass is 510 g/mol. The lowest BCUT2D eigenvalue weighted by Gasteiger charge is -2.39. The first-order valence-corrected chi connectivity index (χ1v) is 9.83. The second-order valence-electron chi connectivity index (χ2n) is 6.71. The minimum atomic E-state index is -0.0390. The Morgan fingerprint density at radius 2 is 2.15 bits per heavy atom. The van der Waals surface area contributed by atoms with Crippen LogP contribution in [-0.2, 0) is 4.79 Å². The fourth-order valence-corrected chi connectivity index (χ4v) is 4.06. The third kappa shape index (κ3) is 6.81. The molecule has 5 nitrogen and oxygen atoms in total. The quantitative estimate of drug-likeness (QED) is 0.365. The highest BCUT2D eigenvalue weighted by molar-refractivity contribution is 14.0. The molecular formula is C18H28ClIN4OS. The van der Waals surface area contributed by atoms with Gasteiger partial charge in [0.15, 0.2) is 5.96 Å². The molecule has 1 saturated heterocycles. The Bertz CT molecular complexity index is 654. The van der Waals surface area contributed by atoms with Crippen LogP contribution in [0.25, 0.3) is 0 Å². The molecule has 0 aliphatic carbocycles. The van der Waals surface area contributed by atoms with Crippen molar-refractivity contribution in [2.45, 2.75) is 31.9 Å². The third-order valence-electron chi connectivity index (χ3n) is 4.11. The molecule has 0 atom stereocenters. The van der Waals surface area contributed by atoms with Crippen molar-refractivity contribution in [2.75, 3.05) is 37.8 Å². The Kier molecular flexibility index (Phi) is 9.54. The van der Waals surface area contributed by atoms with Crippen LogP contribution in [0.3, 0.4) is 0 Å². The molecule has 1 fully saturated rings. The van der Waals surface area contributed by atoms with E-state index in [-0.39, 0.29) is 34.6 Å². The van der Waals surface area contributed by atoms with Crippen LogP contribution in [0.2, 0.25) is 5.02 Å². The molecule has 1 heterocycles. The minimum absolute atomic E-state index is 0. The van der Waals surface area contributed by atoms with Gasteiger partial charge in [-0.1, -0.05) is 17.7 Å². The molecule has 1 aromatic rings. The van der Waals surface area contributed by atoms with Gasteiger partial charge in [0.1, 0.15) is 0 Å². The smallest absolute Gasteiger partial charge is 0.226 e. The lowest BCUT2D eigenvalue weighted by atomic mass is 10.2. The van der Waals surface area contributed by atoms with Crippen molar-refractivity contribution >= 4 is 64.9 Å². The van der Waals surface area contributed by atoms with Crippen LogP contribution >= 0.6 is 47.3 Å². The molecule has 0 bridgehead atoms. The van der Waals surface area contributed by atoms with Crippen LogP contribution in [0.15, 0.2) is 23.2 Å². The SMILES string of the molecule is CN=C(NCCC(=O)Nc1cccc(Cl)c1C)N1CCSC(C)(C)C1.I. The Morgan fingerprint density at radius 3 is 2.81 bits per heavy atom. The average molecular weight is 511 g/mol. The second-order valence-corrected chi connectivity index (χ2v) is 8.92. The largest absolute Gasteiger partial charge is 0.356 e. The standard InChI is InChI=1S/C18H27ClN4OS.HI/c1-13-14(19)6-5-7-15(13)22-16(24)8-9-21-17(20-4)23-10-11-25-18(2,3)12-23;/h5-7H,8-12H2,1-4H3,(H,20,21)(H,22,24);1H. The van der Waals surface area contributed by atoms with Crippen molar-refractivity contribution in [1.82, 2.24) is 10.2 Å². The summed E-state index contributed by atoms with van der Waals surface area (Å²) >= 11 is 8.07. The first kappa shape index (κ1) is 23.4. The molecule has 8 heteroatoms. The van der Waals surface area contributed by atoms with E-state index in [1.165, 1.54) is 0 Å². The molecule has 1 aliphatic heterocycles. The molecule has 0 aromatic heterocycles. The fraction of sp³-hybridized carbons (Fsp3) is 0.556. The summed E-state index contributed by atoms with van der Waals surface area (Å²) in [4.78, 5) is 18.8. The van der Waals surface area contributed by atoms with E-state index in [1.54, 1.807) is 7.05 Å². The number of aliphatic imine (C=N–C) groups is 1. The van der Waals surface area contributed by atoms with E-state index in [0.717, 1.165) is 36.1 Å². The van der Waals surface area contributed by atoms with Gasteiger partial charge in [0.25, 0.3) is 0 Å². The van der Waals surface area contributed by atoms with Crippen molar-refractivity contribution in [1.29, 1.82) is 0 Å². The maximum absolute atomic E-state index is 12.2. The number of nitrogens with zero attached hydrogens (tertiary/aromatic N) is 2. The molecule has 146 valence electrons. The van der Waals surface area contributed by atoms with Crippen molar-refractivity contribution in [3.8, 4) is 0 Å². The minimum Gasteiger partial charge on any atom is -0.356 e. The zero-order chi connectivity index (χ0) is 18.4. The number of rotatable bonds is 4. The number of hydrogen-bond donors (Lipinski definition) is 2. The fourth-order valence-electron chi connectivity index (χ4n) is 2.77. The number of benzene rings is 1. The summed E-state index contributed by atoms with van der Waals surface area (Å²) in [5, 5.41) is 6.87. The summed E-state index contributed by atoms with van der Waals surface area (Å²) in [5.41, 5.74) is 1.64. The summed E-state index contributed by atoms with van der Waals surface area (Å²) in [6.45, 7) is 8.86. The van der Waals surface area contributed by atoms with E-state index < -0.39 is 0 Å². The van der Waals surface area contributed by atoms with Gasteiger partial charge in [-0.15, -0.1) is 24.0 Å². The van der Waals surface area contributed by atoms with Crippen molar-refractivity contribution in [3.63, 3.8) is 0 Å². The maximum Gasteiger partial charge on any atom is 0.226 e. The molecule has 0 saturated carbocycles. The first-order chi connectivity index (χ1) is 11.8. The predicted octanol–water partition coefficient (Wildman–Crippen LogP) is 4.00. The van der Waals surface area contributed by atoms with Crippen LogP contribution < -0.4 is 10.6 Å². The number of carbonyl (C=O) groups excluding carboxylic acids is 1. The predicted molar refractivity (Wildman–Crippen MR) is 124 cm³/mol. The molecule has 1 amide bonds. The Labute approximate surface area is 182 Å².